The lowest BCUT2D eigenvalue weighted by Gasteiger charge is -2.44. The second-order valence-electron chi connectivity index (χ2n) is 5.75. The van der Waals surface area contributed by atoms with Crippen molar-refractivity contribution in [3.63, 3.8) is 0 Å². The first-order chi connectivity index (χ1) is 8.19. The second kappa shape index (κ2) is 5.38. The van der Waals surface area contributed by atoms with Crippen LogP contribution >= 0.6 is 0 Å². The minimum absolute atomic E-state index is 0.239. The monoisotopic (exact) mass is 240 g/mol. The summed E-state index contributed by atoms with van der Waals surface area (Å²) in [5.41, 5.74) is -0.487. The first kappa shape index (κ1) is 12.9. The standard InChI is InChI=1S/C14H24O3/c1-2-11-5-3-7-14(9-11,13(15)16)12-6-4-8-17-10-12/h11-12H,2-10H2,1H3,(H,15,16). The van der Waals surface area contributed by atoms with Gasteiger partial charge in [0.2, 0.25) is 0 Å². The third kappa shape index (κ3) is 2.49. The Hall–Kier alpha value is -0.570. The van der Waals surface area contributed by atoms with Crippen LogP contribution in [0.25, 0.3) is 0 Å². The summed E-state index contributed by atoms with van der Waals surface area (Å²) in [6.45, 7) is 3.64. The van der Waals surface area contributed by atoms with Crippen LogP contribution in [0.2, 0.25) is 0 Å². The van der Waals surface area contributed by atoms with E-state index in [4.69, 9.17) is 4.74 Å². The molecule has 3 heteroatoms. The summed E-state index contributed by atoms with van der Waals surface area (Å²) < 4.78 is 5.52. The molecule has 3 unspecified atom stereocenters. The normalized spacial score (nSPS) is 38.9. The molecule has 3 atom stereocenters. The van der Waals surface area contributed by atoms with Crippen LogP contribution in [-0.2, 0) is 9.53 Å². The van der Waals surface area contributed by atoms with E-state index in [1.54, 1.807) is 0 Å². The SMILES string of the molecule is CCC1CCCC(C(=O)O)(C2CCCOC2)C1. The van der Waals surface area contributed by atoms with Crippen LogP contribution in [-0.4, -0.2) is 24.3 Å². The Morgan fingerprint density at radius 1 is 1.41 bits per heavy atom. The van der Waals surface area contributed by atoms with E-state index in [0.717, 1.165) is 45.1 Å². The Kier molecular flexibility index (Phi) is 4.08. The average molecular weight is 240 g/mol. The zero-order valence-electron chi connectivity index (χ0n) is 10.8. The largest absolute Gasteiger partial charge is 0.481 e. The van der Waals surface area contributed by atoms with E-state index in [0.29, 0.717) is 12.5 Å². The lowest BCUT2D eigenvalue weighted by Crippen LogP contribution is -2.45. The number of hydrogen-bond acceptors (Lipinski definition) is 2. The first-order valence-electron chi connectivity index (χ1n) is 7.00. The molecule has 0 bridgehead atoms. The summed E-state index contributed by atoms with van der Waals surface area (Å²) in [6.07, 6.45) is 7.17. The highest BCUT2D eigenvalue weighted by atomic mass is 16.5. The molecule has 17 heavy (non-hydrogen) atoms. The molecular formula is C14H24O3. The number of ether oxygens (including phenoxy) is 1. The molecule has 0 aromatic heterocycles. The van der Waals surface area contributed by atoms with Crippen molar-refractivity contribution in [3.05, 3.63) is 0 Å². The number of aliphatic carboxylic acids is 1. The van der Waals surface area contributed by atoms with Gasteiger partial charge in [0.05, 0.1) is 12.0 Å². The number of carbonyl (C=O) groups is 1. The lowest BCUT2D eigenvalue weighted by molar-refractivity contribution is -0.161. The van der Waals surface area contributed by atoms with E-state index in [-0.39, 0.29) is 5.92 Å². The summed E-state index contributed by atoms with van der Waals surface area (Å²) in [4.78, 5) is 11.8. The van der Waals surface area contributed by atoms with Crippen LogP contribution in [0, 0.1) is 17.3 Å². The molecule has 0 spiro atoms. The van der Waals surface area contributed by atoms with Gasteiger partial charge in [-0.05, 0) is 37.5 Å². The van der Waals surface area contributed by atoms with Gasteiger partial charge in [-0.25, -0.2) is 0 Å². The molecule has 2 aliphatic rings. The van der Waals surface area contributed by atoms with Gasteiger partial charge in [-0.2, -0.15) is 0 Å². The molecule has 1 saturated heterocycles. The fourth-order valence-electron chi connectivity index (χ4n) is 3.69. The smallest absolute Gasteiger partial charge is 0.310 e. The first-order valence-corrected chi connectivity index (χ1v) is 7.00. The molecular weight excluding hydrogens is 216 g/mol. The van der Waals surface area contributed by atoms with Crippen molar-refractivity contribution in [1.29, 1.82) is 0 Å². The molecule has 1 aliphatic heterocycles. The van der Waals surface area contributed by atoms with Crippen LogP contribution in [0.3, 0.4) is 0 Å². The van der Waals surface area contributed by atoms with Gasteiger partial charge in [-0.3, -0.25) is 4.79 Å². The Morgan fingerprint density at radius 2 is 2.24 bits per heavy atom. The van der Waals surface area contributed by atoms with Gasteiger partial charge in [0.1, 0.15) is 0 Å². The molecule has 0 aromatic carbocycles. The van der Waals surface area contributed by atoms with E-state index in [1.807, 2.05) is 0 Å². The van der Waals surface area contributed by atoms with E-state index < -0.39 is 11.4 Å². The van der Waals surface area contributed by atoms with Gasteiger partial charge < -0.3 is 9.84 Å². The number of carboxylic acid groups (broad SMARTS) is 1. The minimum atomic E-state index is -0.578. The maximum atomic E-state index is 11.8. The zero-order valence-corrected chi connectivity index (χ0v) is 10.8. The van der Waals surface area contributed by atoms with Gasteiger partial charge in [-0.15, -0.1) is 0 Å². The Bertz CT molecular complexity index is 271. The molecule has 3 nitrogen and oxygen atoms in total. The summed E-state index contributed by atoms with van der Waals surface area (Å²) >= 11 is 0. The van der Waals surface area contributed by atoms with E-state index >= 15 is 0 Å². The Labute approximate surface area is 104 Å². The van der Waals surface area contributed by atoms with Gasteiger partial charge >= 0.3 is 5.97 Å². The van der Waals surface area contributed by atoms with Gasteiger partial charge in [0, 0.05) is 6.61 Å². The molecule has 1 N–H and O–H groups in total. The molecule has 1 saturated carbocycles. The predicted molar refractivity (Wildman–Crippen MR) is 65.9 cm³/mol. The number of hydrogen-bond donors (Lipinski definition) is 1. The van der Waals surface area contributed by atoms with Crippen molar-refractivity contribution in [1.82, 2.24) is 0 Å². The molecule has 1 heterocycles. The molecule has 1 aliphatic carbocycles. The highest BCUT2D eigenvalue weighted by Gasteiger charge is 2.48. The van der Waals surface area contributed by atoms with E-state index in [2.05, 4.69) is 6.92 Å². The molecule has 98 valence electrons. The van der Waals surface area contributed by atoms with Gasteiger partial charge in [0.15, 0.2) is 0 Å². The minimum Gasteiger partial charge on any atom is -0.481 e. The molecule has 0 aromatic rings. The van der Waals surface area contributed by atoms with Crippen molar-refractivity contribution >= 4 is 5.97 Å². The lowest BCUT2D eigenvalue weighted by atomic mass is 9.61. The zero-order chi connectivity index (χ0) is 12.3. The van der Waals surface area contributed by atoms with Crippen molar-refractivity contribution in [2.45, 2.75) is 51.9 Å². The highest BCUT2D eigenvalue weighted by Crippen LogP contribution is 2.48. The van der Waals surface area contributed by atoms with Crippen molar-refractivity contribution in [2.24, 2.45) is 17.3 Å². The Morgan fingerprint density at radius 3 is 2.82 bits per heavy atom. The molecule has 2 rings (SSSR count). The van der Waals surface area contributed by atoms with Gasteiger partial charge in [0.25, 0.3) is 0 Å². The maximum absolute atomic E-state index is 11.8. The van der Waals surface area contributed by atoms with Crippen LogP contribution in [0.4, 0.5) is 0 Å². The maximum Gasteiger partial charge on any atom is 0.310 e. The predicted octanol–water partition coefficient (Wildman–Crippen LogP) is 3.08. The average Bonchev–Trinajstić information content (AvgIpc) is 2.39. The highest BCUT2D eigenvalue weighted by molar-refractivity contribution is 5.75. The molecule has 0 radical (unpaired) electrons. The van der Waals surface area contributed by atoms with Crippen LogP contribution in [0.1, 0.15) is 51.9 Å². The second-order valence-corrected chi connectivity index (χ2v) is 5.75. The summed E-state index contributed by atoms with van der Waals surface area (Å²) in [5.74, 6) is 0.260. The van der Waals surface area contributed by atoms with Gasteiger partial charge in [-0.1, -0.05) is 26.2 Å². The van der Waals surface area contributed by atoms with Crippen LogP contribution in [0.15, 0.2) is 0 Å². The van der Waals surface area contributed by atoms with Crippen molar-refractivity contribution < 1.29 is 14.6 Å². The number of carboxylic acids is 1. The van der Waals surface area contributed by atoms with Crippen LogP contribution < -0.4 is 0 Å². The van der Waals surface area contributed by atoms with E-state index in [9.17, 15) is 9.90 Å². The third-order valence-corrected chi connectivity index (χ3v) is 4.83. The quantitative estimate of drug-likeness (QED) is 0.824. The topological polar surface area (TPSA) is 46.5 Å². The fourth-order valence-corrected chi connectivity index (χ4v) is 3.69. The number of rotatable bonds is 3. The van der Waals surface area contributed by atoms with Crippen LogP contribution in [0.5, 0.6) is 0 Å². The summed E-state index contributed by atoms with van der Waals surface area (Å²) in [5, 5.41) is 9.70. The molecule has 0 amide bonds. The fraction of sp³-hybridized carbons (Fsp3) is 0.929. The van der Waals surface area contributed by atoms with Crippen molar-refractivity contribution in [2.75, 3.05) is 13.2 Å². The molecule has 2 fully saturated rings. The van der Waals surface area contributed by atoms with Crippen molar-refractivity contribution in [3.8, 4) is 0 Å². The third-order valence-electron chi connectivity index (χ3n) is 4.83. The summed E-state index contributed by atoms with van der Waals surface area (Å²) in [6, 6.07) is 0. The Balaban J connectivity index is 2.15. The summed E-state index contributed by atoms with van der Waals surface area (Å²) in [7, 11) is 0. The van der Waals surface area contributed by atoms with E-state index in [1.165, 1.54) is 6.42 Å².